The van der Waals surface area contributed by atoms with Crippen LogP contribution in [0.3, 0.4) is 0 Å². The fourth-order valence-electron chi connectivity index (χ4n) is 2.32. The number of anilines is 2. The van der Waals surface area contributed by atoms with Crippen LogP contribution in [0.15, 0.2) is 53.3 Å². The minimum atomic E-state index is -0.313. The average molecular weight is 325 g/mol. The Morgan fingerprint density at radius 3 is 2.54 bits per heavy atom. The van der Waals surface area contributed by atoms with Gasteiger partial charge in [0.15, 0.2) is 0 Å². The van der Waals surface area contributed by atoms with Crippen LogP contribution in [-0.4, -0.2) is 17.1 Å². The molecule has 0 amide bonds. The van der Waals surface area contributed by atoms with E-state index >= 15 is 0 Å². The standard InChI is InChI=1S/C18H16FN3O2/c1-11-9-13(19)5-8-15(11)20-18-21-16(10-17(23)22-18)12-3-6-14(24-2)7-4-12/h3-10H,1-2H3,(H2,20,21,22,23). The molecule has 0 fully saturated rings. The quantitative estimate of drug-likeness (QED) is 0.768. The van der Waals surface area contributed by atoms with Crippen molar-refractivity contribution in [3.05, 3.63) is 70.3 Å². The summed E-state index contributed by atoms with van der Waals surface area (Å²) >= 11 is 0. The van der Waals surface area contributed by atoms with E-state index in [1.165, 1.54) is 18.2 Å². The minimum absolute atomic E-state index is 0.280. The summed E-state index contributed by atoms with van der Waals surface area (Å²) in [5.74, 6) is 0.707. The fourth-order valence-corrected chi connectivity index (χ4v) is 2.32. The Bertz CT molecular complexity index is 920. The van der Waals surface area contributed by atoms with Crippen molar-refractivity contribution in [1.29, 1.82) is 0 Å². The Morgan fingerprint density at radius 1 is 1.12 bits per heavy atom. The molecule has 122 valence electrons. The maximum absolute atomic E-state index is 13.2. The number of nitrogens with zero attached hydrogens (tertiary/aromatic N) is 1. The summed E-state index contributed by atoms with van der Waals surface area (Å²) in [7, 11) is 1.59. The molecule has 0 radical (unpaired) electrons. The number of rotatable bonds is 4. The molecule has 1 heterocycles. The molecular weight excluding hydrogens is 309 g/mol. The number of ether oxygens (including phenoxy) is 1. The van der Waals surface area contributed by atoms with Crippen LogP contribution in [0.2, 0.25) is 0 Å². The third kappa shape index (κ3) is 3.43. The number of hydrogen-bond donors (Lipinski definition) is 2. The lowest BCUT2D eigenvalue weighted by atomic mass is 10.1. The third-order valence-corrected chi connectivity index (χ3v) is 3.57. The zero-order valence-electron chi connectivity index (χ0n) is 13.3. The maximum Gasteiger partial charge on any atom is 0.252 e. The minimum Gasteiger partial charge on any atom is -0.497 e. The molecule has 6 heteroatoms. The summed E-state index contributed by atoms with van der Waals surface area (Å²) < 4.78 is 18.3. The normalized spacial score (nSPS) is 10.5. The summed E-state index contributed by atoms with van der Waals surface area (Å²) in [6.45, 7) is 1.77. The Labute approximate surface area is 138 Å². The van der Waals surface area contributed by atoms with Crippen LogP contribution in [0.4, 0.5) is 16.0 Å². The largest absolute Gasteiger partial charge is 0.497 e. The number of aromatic nitrogens is 2. The molecule has 0 saturated heterocycles. The van der Waals surface area contributed by atoms with Crippen LogP contribution in [0.5, 0.6) is 5.75 Å². The molecule has 2 aromatic carbocycles. The van der Waals surface area contributed by atoms with E-state index in [1.807, 2.05) is 12.1 Å². The highest BCUT2D eigenvalue weighted by Gasteiger charge is 2.07. The van der Waals surface area contributed by atoms with Gasteiger partial charge in [0.05, 0.1) is 12.8 Å². The first-order chi connectivity index (χ1) is 11.5. The molecule has 2 N–H and O–H groups in total. The molecule has 0 unspecified atom stereocenters. The maximum atomic E-state index is 13.2. The van der Waals surface area contributed by atoms with Gasteiger partial charge in [-0.3, -0.25) is 9.78 Å². The molecule has 24 heavy (non-hydrogen) atoms. The summed E-state index contributed by atoms with van der Waals surface area (Å²) in [5.41, 5.74) is 2.43. The summed E-state index contributed by atoms with van der Waals surface area (Å²) in [5, 5.41) is 3.01. The van der Waals surface area contributed by atoms with Crippen molar-refractivity contribution >= 4 is 11.6 Å². The lowest BCUT2D eigenvalue weighted by Gasteiger charge is -2.10. The highest BCUT2D eigenvalue weighted by atomic mass is 19.1. The van der Waals surface area contributed by atoms with Gasteiger partial charge in [-0.2, -0.15) is 0 Å². The van der Waals surface area contributed by atoms with Crippen LogP contribution >= 0.6 is 0 Å². The van der Waals surface area contributed by atoms with Crippen LogP contribution in [-0.2, 0) is 0 Å². The SMILES string of the molecule is COc1ccc(-c2cc(=O)[nH]c(Nc3ccc(F)cc3C)n2)cc1. The topological polar surface area (TPSA) is 67.0 Å². The van der Waals surface area contributed by atoms with Gasteiger partial charge in [-0.15, -0.1) is 0 Å². The molecular formula is C18H16FN3O2. The van der Waals surface area contributed by atoms with Crippen molar-refractivity contribution in [2.75, 3.05) is 12.4 Å². The van der Waals surface area contributed by atoms with E-state index < -0.39 is 0 Å². The second kappa shape index (κ2) is 6.54. The number of aryl methyl sites for hydroxylation is 1. The first-order valence-corrected chi connectivity index (χ1v) is 7.34. The molecule has 5 nitrogen and oxygen atoms in total. The van der Waals surface area contributed by atoms with Crippen LogP contribution in [0, 0.1) is 12.7 Å². The van der Waals surface area contributed by atoms with Gasteiger partial charge in [0.1, 0.15) is 11.6 Å². The molecule has 3 rings (SSSR count). The third-order valence-electron chi connectivity index (χ3n) is 3.57. The Morgan fingerprint density at radius 2 is 1.88 bits per heavy atom. The second-order valence-electron chi connectivity index (χ2n) is 5.29. The summed E-state index contributed by atoms with van der Waals surface area (Å²) in [6, 6.07) is 13.0. The van der Waals surface area contributed by atoms with E-state index in [9.17, 15) is 9.18 Å². The summed E-state index contributed by atoms with van der Waals surface area (Å²) in [6.07, 6.45) is 0. The average Bonchev–Trinajstić information content (AvgIpc) is 2.57. The molecule has 1 aromatic heterocycles. The van der Waals surface area contributed by atoms with Crippen LogP contribution < -0.4 is 15.6 Å². The van der Waals surface area contributed by atoms with Crippen molar-refractivity contribution in [3.8, 4) is 17.0 Å². The van der Waals surface area contributed by atoms with Gasteiger partial charge in [-0.1, -0.05) is 0 Å². The number of methoxy groups -OCH3 is 1. The lowest BCUT2D eigenvalue weighted by molar-refractivity contribution is 0.415. The summed E-state index contributed by atoms with van der Waals surface area (Å²) in [4.78, 5) is 19.0. The highest BCUT2D eigenvalue weighted by Crippen LogP contribution is 2.22. The van der Waals surface area contributed by atoms with Gasteiger partial charge >= 0.3 is 0 Å². The van der Waals surface area contributed by atoms with E-state index in [2.05, 4.69) is 15.3 Å². The van der Waals surface area contributed by atoms with Gasteiger partial charge < -0.3 is 10.1 Å². The molecule has 3 aromatic rings. The van der Waals surface area contributed by atoms with Gasteiger partial charge in [0.2, 0.25) is 5.95 Å². The molecule has 0 bridgehead atoms. The van der Waals surface area contributed by atoms with Crippen molar-refractivity contribution < 1.29 is 9.13 Å². The van der Waals surface area contributed by atoms with E-state index in [1.54, 1.807) is 32.2 Å². The van der Waals surface area contributed by atoms with Gasteiger partial charge in [-0.05, 0) is 55.0 Å². The van der Waals surface area contributed by atoms with Gasteiger partial charge in [-0.25, -0.2) is 9.37 Å². The van der Waals surface area contributed by atoms with Gasteiger partial charge in [0, 0.05) is 17.3 Å². The molecule has 0 aliphatic carbocycles. The fraction of sp³-hybridized carbons (Fsp3) is 0.111. The van der Waals surface area contributed by atoms with Crippen molar-refractivity contribution in [1.82, 2.24) is 9.97 Å². The van der Waals surface area contributed by atoms with Crippen molar-refractivity contribution in [2.45, 2.75) is 6.92 Å². The first kappa shape index (κ1) is 15.7. The highest BCUT2D eigenvalue weighted by molar-refractivity contribution is 5.63. The van der Waals surface area contributed by atoms with Crippen molar-refractivity contribution in [3.63, 3.8) is 0 Å². The predicted octanol–water partition coefficient (Wildman–Crippen LogP) is 3.64. The number of benzene rings is 2. The lowest BCUT2D eigenvalue weighted by Crippen LogP contribution is -2.11. The van der Waals surface area contributed by atoms with Crippen LogP contribution in [0.1, 0.15) is 5.56 Å². The zero-order chi connectivity index (χ0) is 17.1. The van der Waals surface area contributed by atoms with E-state index in [-0.39, 0.29) is 11.4 Å². The molecule has 0 aliphatic rings. The smallest absolute Gasteiger partial charge is 0.252 e. The number of H-pyrrole nitrogens is 1. The Kier molecular flexibility index (Phi) is 4.29. The number of aromatic amines is 1. The van der Waals surface area contributed by atoms with Gasteiger partial charge in [0.25, 0.3) is 5.56 Å². The molecule has 0 atom stereocenters. The van der Waals surface area contributed by atoms with E-state index in [0.717, 1.165) is 11.3 Å². The Balaban J connectivity index is 1.95. The predicted molar refractivity (Wildman–Crippen MR) is 91.3 cm³/mol. The van der Waals surface area contributed by atoms with Crippen LogP contribution in [0.25, 0.3) is 11.3 Å². The molecule has 0 spiro atoms. The van der Waals surface area contributed by atoms with Crippen molar-refractivity contribution in [2.24, 2.45) is 0 Å². The zero-order valence-corrected chi connectivity index (χ0v) is 13.3. The number of halogens is 1. The molecule has 0 aliphatic heterocycles. The number of hydrogen-bond acceptors (Lipinski definition) is 4. The second-order valence-corrected chi connectivity index (χ2v) is 5.29. The van der Waals surface area contributed by atoms with E-state index in [4.69, 9.17) is 4.74 Å². The monoisotopic (exact) mass is 325 g/mol. The first-order valence-electron chi connectivity index (χ1n) is 7.34. The van der Waals surface area contributed by atoms with E-state index in [0.29, 0.717) is 22.9 Å². The Hall–Kier alpha value is -3.15. The molecule has 0 saturated carbocycles. The number of nitrogens with one attached hydrogen (secondary N) is 2.